The molecule has 11 heteroatoms. The number of aromatic nitrogens is 4. The second-order valence-corrected chi connectivity index (χ2v) is 9.04. The molecule has 1 aliphatic rings. The van der Waals surface area contributed by atoms with Gasteiger partial charge in [-0.25, -0.2) is 9.67 Å². The molecule has 1 saturated carbocycles. The summed E-state index contributed by atoms with van der Waals surface area (Å²) >= 11 is 0. The third-order valence-electron chi connectivity index (χ3n) is 6.45. The molecule has 3 aromatic heterocycles. The number of aliphatic hydroxyl groups is 1. The van der Waals surface area contributed by atoms with E-state index in [-0.39, 0.29) is 11.4 Å². The lowest BCUT2D eigenvalue weighted by atomic mass is 9.68. The maximum absolute atomic E-state index is 12.8. The molecule has 0 spiro atoms. The van der Waals surface area contributed by atoms with Crippen molar-refractivity contribution in [2.24, 2.45) is 0 Å². The van der Waals surface area contributed by atoms with Crippen LogP contribution in [-0.2, 0) is 11.6 Å². The normalized spacial score (nSPS) is 22.4. The Hall–Kier alpha value is -3.78. The molecule has 0 unspecified atom stereocenters. The van der Waals surface area contributed by atoms with Crippen LogP contribution in [-0.4, -0.2) is 36.4 Å². The molecule has 4 rings (SSSR count). The summed E-state index contributed by atoms with van der Waals surface area (Å²) in [4.78, 5) is 21.0. The topological polar surface area (TPSA) is 117 Å². The Morgan fingerprint density at radius 1 is 1.11 bits per heavy atom. The number of halogens is 3. The Morgan fingerprint density at radius 3 is 2.37 bits per heavy atom. The number of alkyl halides is 3. The molecule has 2 N–H and O–H groups in total. The van der Waals surface area contributed by atoms with Gasteiger partial charge >= 0.3 is 6.18 Å². The number of hydrogen-bond acceptors (Lipinski definition) is 6. The summed E-state index contributed by atoms with van der Waals surface area (Å²) in [6.07, 6.45) is 0.973. The number of carbonyl (C=O) groups excluding carboxylic acids is 1. The van der Waals surface area contributed by atoms with Gasteiger partial charge in [0.25, 0.3) is 5.91 Å². The first-order valence-corrected chi connectivity index (χ1v) is 10.9. The van der Waals surface area contributed by atoms with Crippen LogP contribution in [0.5, 0.6) is 0 Å². The summed E-state index contributed by atoms with van der Waals surface area (Å²) in [5.74, 6) is -0.326. The molecule has 0 saturated heterocycles. The van der Waals surface area contributed by atoms with Gasteiger partial charge in [-0.2, -0.15) is 23.5 Å². The fraction of sp³-hybridized carbons (Fsp3) is 0.375. The Balaban J connectivity index is 1.48. The Bertz CT molecular complexity index is 1260. The van der Waals surface area contributed by atoms with Crippen molar-refractivity contribution in [3.8, 4) is 11.9 Å². The molecule has 1 aliphatic carbocycles. The summed E-state index contributed by atoms with van der Waals surface area (Å²) < 4.78 is 39.6. The van der Waals surface area contributed by atoms with E-state index in [2.05, 4.69) is 26.5 Å². The molecule has 8 nitrogen and oxygen atoms in total. The fourth-order valence-corrected chi connectivity index (χ4v) is 4.13. The number of amides is 1. The third kappa shape index (κ3) is 4.88. The number of carbonyl (C=O) groups is 1. The summed E-state index contributed by atoms with van der Waals surface area (Å²) in [7, 11) is 0. The molecule has 0 bridgehead atoms. The smallest absolute Gasteiger partial charge is 0.390 e. The average Bonchev–Trinajstić information content (AvgIpc) is 3.21. The fourth-order valence-electron chi connectivity index (χ4n) is 4.13. The van der Waals surface area contributed by atoms with Crippen LogP contribution in [0.2, 0.25) is 0 Å². The van der Waals surface area contributed by atoms with Gasteiger partial charge in [-0.15, -0.1) is 0 Å². The largest absolute Gasteiger partial charge is 0.417 e. The van der Waals surface area contributed by atoms with Crippen molar-refractivity contribution >= 4 is 11.6 Å². The van der Waals surface area contributed by atoms with E-state index in [9.17, 15) is 28.3 Å². The van der Waals surface area contributed by atoms with Crippen LogP contribution in [0.1, 0.15) is 59.9 Å². The molecule has 0 aliphatic heterocycles. The van der Waals surface area contributed by atoms with Gasteiger partial charge in [-0.1, -0.05) is 0 Å². The van der Waals surface area contributed by atoms with Crippen molar-refractivity contribution in [2.45, 2.75) is 56.7 Å². The molecular weight excluding hydrogens is 461 g/mol. The van der Waals surface area contributed by atoms with E-state index in [4.69, 9.17) is 0 Å². The van der Waals surface area contributed by atoms with Gasteiger partial charge in [0.05, 0.1) is 57.7 Å². The number of nitrogens with zero attached hydrogens (tertiary/aromatic N) is 5. The maximum Gasteiger partial charge on any atom is 0.417 e. The summed E-state index contributed by atoms with van der Waals surface area (Å²) in [5, 5.41) is 26.8. The first-order valence-electron chi connectivity index (χ1n) is 10.9. The zero-order valence-electron chi connectivity index (χ0n) is 19.1. The monoisotopic (exact) mass is 484 g/mol. The predicted octanol–water partition coefficient (Wildman–Crippen LogP) is 4.33. The molecule has 1 amide bonds. The molecular formula is C24H23F3N6O2. The minimum absolute atomic E-state index is 0.147. The standard InChI is InChI=1S/C24H23F3N6O2/c1-15-18(13-31-33(15)20-6-3-16(11-30-20)24(25,26)27)21(34)32-17-4-5-19(29-12-17)23(14-28)9-7-22(2,35)8-10-23/h3-6,11-13,35H,7-10H2,1-2H3,(H,32,34)/t22-,23+. The van der Waals surface area contributed by atoms with Gasteiger partial charge in [-0.05, 0) is 63.8 Å². The quantitative estimate of drug-likeness (QED) is 0.569. The van der Waals surface area contributed by atoms with Gasteiger partial charge < -0.3 is 10.4 Å². The van der Waals surface area contributed by atoms with Crippen molar-refractivity contribution in [3.05, 3.63) is 65.4 Å². The van der Waals surface area contributed by atoms with E-state index in [1.54, 1.807) is 26.0 Å². The summed E-state index contributed by atoms with van der Waals surface area (Å²) in [5.41, 5.74) is -0.822. The van der Waals surface area contributed by atoms with Crippen LogP contribution in [0.15, 0.2) is 42.9 Å². The molecule has 0 atom stereocenters. The molecule has 3 aromatic rings. The van der Waals surface area contributed by atoms with E-state index in [0.717, 1.165) is 6.07 Å². The van der Waals surface area contributed by atoms with Gasteiger partial charge in [0, 0.05) is 6.20 Å². The minimum Gasteiger partial charge on any atom is -0.390 e. The van der Waals surface area contributed by atoms with E-state index in [1.807, 2.05) is 0 Å². The second-order valence-electron chi connectivity index (χ2n) is 9.04. The van der Waals surface area contributed by atoms with E-state index in [0.29, 0.717) is 49.0 Å². The molecule has 182 valence electrons. The second kappa shape index (κ2) is 8.78. The van der Waals surface area contributed by atoms with Crippen molar-refractivity contribution < 1.29 is 23.1 Å². The Labute approximate surface area is 199 Å². The SMILES string of the molecule is Cc1c(C(=O)Nc2ccc([C@]3(C#N)CC[C@](C)(O)CC3)nc2)cnn1-c1ccc(C(F)(F)F)cn1. The number of anilines is 1. The number of pyridine rings is 2. The Kier molecular flexibility index (Phi) is 6.11. The zero-order valence-corrected chi connectivity index (χ0v) is 19.1. The van der Waals surface area contributed by atoms with Gasteiger partial charge in [0.1, 0.15) is 0 Å². The molecule has 0 radical (unpaired) electrons. The number of nitriles is 1. The van der Waals surface area contributed by atoms with Crippen LogP contribution < -0.4 is 5.32 Å². The average molecular weight is 484 g/mol. The minimum atomic E-state index is -4.50. The van der Waals surface area contributed by atoms with Crippen LogP contribution in [0.4, 0.5) is 18.9 Å². The lowest BCUT2D eigenvalue weighted by molar-refractivity contribution is -0.137. The summed E-state index contributed by atoms with van der Waals surface area (Å²) in [6.45, 7) is 3.37. The van der Waals surface area contributed by atoms with Gasteiger partial charge in [0.2, 0.25) is 0 Å². The molecule has 0 aromatic carbocycles. The third-order valence-corrected chi connectivity index (χ3v) is 6.45. The van der Waals surface area contributed by atoms with E-state index in [1.165, 1.54) is 23.1 Å². The highest BCUT2D eigenvalue weighted by atomic mass is 19.4. The Morgan fingerprint density at radius 2 is 1.83 bits per heavy atom. The molecule has 1 fully saturated rings. The van der Waals surface area contributed by atoms with Crippen LogP contribution >= 0.6 is 0 Å². The number of rotatable bonds is 4. The molecule has 3 heterocycles. The zero-order chi connectivity index (χ0) is 25.4. The van der Waals surface area contributed by atoms with Gasteiger partial charge in [0.15, 0.2) is 5.82 Å². The van der Waals surface area contributed by atoms with Crippen molar-refractivity contribution in [1.82, 2.24) is 19.7 Å². The van der Waals surface area contributed by atoms with Crippen LogP contribution in [0, 0.1) is 18.3 Å². The van der Waals surface area contributed by atoms with Gasteiger partial charge in [-0.3, -0.25) is 9.78 Å². The van der Waals surface area contributed by atoms with Crippen molar-refractivity contribution in [1.29, 1.82) is 5.26 Å². The number of nitrogens with one attached hydrogen (secondary N) is 1. The lowest BCUT2D eigenvalue weighted by Gasteiger charge is -2.37. The maximum atomic E-state index is 12.8. The number of hydrogen-bond donors (Lipinski definition) is 2. The highest BCUT2D eigenvalue weighted by molar-refractivity contribution is 6.04. The van der Waals surface area contributed by atoms with E-state index < -0.39 is 28.7 Å². The van der Waals surface area contributed by atoms with Crippen LogP contribution in [0.25, 0.3) is 5.82 Å². The summed E-state index contributed by atoms with van der Waals surface area (Å²) in [6, 6.07) is 7.79. The first-order chi connectivity index (χ1) is 16.4. The highest BCUT2D eigenvalue weighted by Crippen LogP contribution is 2.42. The van der Waals surface area contributed by atoms with Crippen molar-refractivity contribution in [2.75, 3.05) is 5.32 Å². The lowest BCUT2D eigenvalue weighted by Crippen LogP contribution is -2.39. The van der Waals surface area contributed by atoms with E-state index >= 15 is 0 Å². The van der Waals surface area contributed by atoms with Crippen LogP contribution in [0.3, 0.4) is 0 Å². The molecule has 35 heavy (non-hydrogen) atoms. The first kappa shape index (κ1) is 24.3. The predicted molar refractivity (Wildman–Crippen MR) is 120 cm³/mol. The highest BCUT2D eigenvalue weighted by Gasteiger charge is 2.42. The van der Waals surface area contributed by atoms with Crippen molar-refractivity contribution in [3.63, 3.8) is 0 Å².